The average Bonchev–Trinajstić information content (AvgIpc) is 2.62. The summed E-state index contributed by atoms with van der Waals surface area (Å²) < 4.78 is 5.32. The number of amides is 1. The molecule has 1 saturated heterocycles. The Kier molecular flexibility index (Phi) is 5.41. The molecule has 2 unspecified atom stereocenters. The number of hydrogen-bond donors (Lipinski definition) is 1. The van der Waals surface area contributed by atoms with E-state index < -0.39 is 0 Å². The number of rotatable bonds is 3. The number of piperazine rings is 1. The van der Waals surface area contributed by atoms with Crippen LogP contribution < -0.4 is 4.74 Å². The molecule has 2 aliphatic rings. The lowest BCUT2D eigenvalue weighted by atomic mass is 9.91. The zero-order chi connectivity index (χ0) is 17.1. The summed E-state index contributed by atoms with van der Waals surface area (Å²) in [6.07, 6.45) is 4.11. The minimum atomic E-state index is -0.206. The number of carbonyl (C=O) groups excluding carboxylic acids is 1. The summed E-state index contributed by atoms with van der Waals surface area (Å²) in [5.74, 6) is 0.821. The highest BCUT2D eigenvalue weighted by molar-refractivity contribution is 5.94. The number of aliphatic hydroxyl groups is 1. The quantitative estimate of drug-likeness (QED) is 0.921. The highest BCUT2D eigenvalue weighted by Crippen LogP contribution is 2.25. The van der Waals surface area contributed by atoms with Gasteiger partial charge in [0, 0.05) is 37.8 Å². The fourth-order valence-corrected chi connectivity index (χ4v) is 3.91. The van der Waals surface area contributed by atoms with Crippen LogP contribution in [0, 0.1) is 6.92 Å². The van der Waals surface area contributed by atoms with Crippen molar-refractivity contribution in [2.45, 2.75) is 44.8 Å². The molecule has 0 radical (unpaired) electrons. The lowest BCUT2D eigenvalue weighted by Crippen LogP contribution is -2.55. The zero-order valence-corrected chi connectivity index (χ0v) is 14.7. The van der Waals surface area contributed by atoms with Crippen LogP contribution in [0.25, 0.3) is 0 Å². The van der Waals surface area contributed by atoms with Crippen LogP contribution in [0.2, 0.25) is 0 Å². The first-order valence-corrected chi connectivity index (χ1v) is 8.96. The van der Waals surface area contributed by atoms with E-state index in [1.165, 1.54) is 6.42 Å². The van der Waals surface area contributed by atoms with Gasteiger partial charge >= 0.3 is 0 Å². The van der Waals surface area contributed by atoms with Gasteiger partial charge in [0.25, 0.3) is 5.91 Å². The van der Waals surface area contributed by atoms with Crippen LogP contribution in [0.3, 0.4) is 0 Å². The van der Waals surface area contributed by atoms with Crippen molar-refractivity contribution < 1.29 is 14.6 Å². The Labute approximate surface area is 144 Å². The molecule has 1 aromatic carbocycles. The van der Waals surface area contributed by atoms with E-state index in [2.05, 4.69) is 4.90 Å². The number of benzene rings is 1. The van der Waals surface area contributed by atoms with Crippen molar-refractivity contribution in [3.63, 3.8) is 0 Å². The Morgan fingerprint density at radius 3 is 2.54 bits per heavy atom. The third kappa shape index (κ3) is 3.57. The van der Waals surface area contributed by atoms with Gasteiger partial charge in [-0.05, 0) is 37.5 Å². The summed E-state index contributed by atoms with van der Waals surface area (Å²) >= 11 is 0. The van der Waals surface area contributed by atoms with E-state index in [0.717, 1.165) is 56.8 Å². The maximum atomic E-state index is 12.7. The molecule has 2 atom stereocenters. The Bertz CT molecular complexity index is 582. The van der Waals surface area contributed by atoms with Crippen molar-refractivity contribution in [2.75, 3.05) is 33.3 Å². The van der Waals surface area contributed by atoms with E-state index in [0.29, 0.717) is 5.56 Å². The molecule has 1 aliphatic carbocycles. The first-order chi connectivity index (χ1) is 11.6. The van der Waals surface area contributed by atoms with Crippen LogP contribution in [-0.2, 0) is 0 Å². The largest absolute Gasteiger partial charge is 0.496 e. The predicted octanol–water partition coefficient (Wildman–Crippen LogP) is 2.06. The maximum Gasteiger partial charge on any atom is 0.254 e. The Morgan fingerprint density at radius 2 is 1.88 bits per heavy atom. The number of methoxy groups -OCH3 is 1. The molecule has 1 amide bonds. The van der Waals surface area contributed by atoms with Crippen molar-refractivity contribution in [1.82, 2.24) is 9.80 Å². The molecule has 1 aromatic rings. The lowest BCUT2D eigenvalue weighted by molar-refractivity contribution is -0.00173. The second-order valence-electron chi connectivity index (χ2n) is 6.93. The molecule has 0 aromatic heterocycles. The van der Waals surface area contributed by atoms with E-state index in [9.17, 15) is 9.90 Å². The van der Waals surface area contributed by atoms with Gasteiger partial charge in [0.05, 0.1) is 13.2 Å². The molecule has 1 heterocycles. The van der Waals surface area contributed by atoms with E-state index >= 15 is 0 Å². The highest BCUT2D eigenvalue weighted by atomic mass is 16.5. The van der Waals surface area contributed by atoms with Gasteiger partial charge in [-0.25, -0.2) is 0 Å². The Morgan fingerprint density at radius 1 is 1.17 bits per heavy atom. The third-order valence-electron chi connectivity index (χ3n) is 5.42. The van der Waals surface area contributed by atoms with Crippen LogP contribution in [0.4, 0.5) is 0 Å². The molecule has 5 heteroatoms. The normalized spacial score (nSPS) is 25.5. The minimum Gasteiger partial charge on any atom is -0.496 e. The standard InChI is InChI=1S/C19H28N2O3/c1-14-7-8-15(13-18(14)24-2)19(23)21-11-9-20(10-12-21)16-5-3-4-6-17(16)22/h7-8,13,16-17,22H,3-6,9-12H2,1-2H3. The number of ether oxygens (including phenoxy) is 1. The van der Waals surface area contributed by atoms with Gasteiger partial charge in [-0.15, -0.1) is 0 Å². The SMILES string of the molecule is COc1cc(C(=O)N2CCN(C3CCCCC3O)CC2)ccc1C. The van der Waals surface area contributed by atoms with Crippen molar-refractivity contribution in [2.24, 2.45) is 0 Å². The maximum absolute atomic E-state index is 12.7. The summed E-state index contributed by atoms with van der Waals surface area (Å²) in [6, 6.07) is 5.91. The van der Waals surface area contributed by atoms with E-state index in [4.69, 9.17) is 4.74 Å². The number of carbonyl (C=O) groups is 1. The summed E-state index contributed by atoms with van der Waals surface area (Å²) in [5, 5.41) is 10.2. The van der Waals surface area contributed by atoms with Gasteiger partial charge in [0.1, 0.15) is 5.75 Å². The first kappa shape index (κ1) is 17.2. The van der Waals surface area contributed by atoms with Crippen LogP contribution in [0.5, 0.6) is 5.75 Å². The van der Waals surface area contributed by atoms with Crippen LogP contribution in [-0.4, -0.2) is 66.2 Å². The summed E-state index contributed by atoms with van der Waals surface area (Å²) in [4.78, 5) is 17.0. The third-order valence-corrected chi connectivity index (χ3v) is 5.42. The van der Waals surface area contributed by atoms with Gasteiger partial charge in [-0.2, -0.15) is 0 Å². The molecular weight excluding hydrogens is 304 g/mol. The van der Waals surface area contributed by atoms with Gasteiger partial charge in [0.2, 0.25) is 0 Å². The number of aliphatic hydroxyl groups excluding tert-OH is 1. The summed E-state index contributed by atoms with van der Waals surface area (Å²) in [5.41, 5.74) is 1.72. The molecule has 2 fully saturated rings. The average molecular weight is 332 g/mol. The summed E-state index contributed by atoms with van der Waals surface area (Å²) in [7, 11) is 1.63. The second-order valence-corrected chi connectivity index (χ2v) is 6.93. The molecule has 3 rings (SSSR count). The molecule has 1 N–H and O–H groups in total. The Balaban J connectivity index is 1.61. The van der Waals surface area contributed by atoms with E-state index in [1.807, 2.05) is 30.0 Å². The van der Waals surface area contributed by atoms with E-state index in [1.54, 1.807) is 7.11 Å². The molecule has 132 valence electrons. The molecular formula is C19H28N2O3. The van der Waals surface area contributed by atoms with Crippen molar-refractivity contribution in [3.8, 4) is 5.75 Å². The van der Waals surface area contributed by atoms with Gasteiger partial charge in [-0.3, -0.25) is 9.69 Å². The lowest BCUT2D eigenvalue weighted by Gasteiger charge is -2.42. The first-order valence-electron chi connectivity index (χ1n) is 8.96. The van der Waals surface area contributed by atoms with Crippen molar-refractivity contribution in [3.05, 3.63) is 29.3 Å². The van der Waals surface area contributed by atoms with Crippen LogP contribution in [0.1, 0.15) is 41.6 Å². The molecule has 1 aliphatic heterocycles. The predicted molar refractivity (Wildman–Crippen MR) is 93.5 cm³/mol. The topological polar surface area (TPSA) is 53.0 Å². The van der Waals surface area contributed by atoms with Gasteiger partial charge in [0.15, 0.2) is 0 Å². The van der Waals surface area contributed by atoms with Gasteiger partial charge in [-0.1, -0.05) is 18.9 Å². The van der Waals surface area contributed by atoms with Crippen molar-refractivity contribution in [1.29, 1.82) is 0 Å². The summed E-state index contributed by atoms with van der Waals surface area (Å²) in [6.45, 7) is 5.10. The van der Waals surface area contributed by atoms with Crippen LogP contribution in [0.15, 0.2) is 18.2 Å². The molecule has 0 spiro atoms. The molecule has 24 heavy (non-hydrogen) atoms. The molecule has 0 bridgehead atoms. The fourth-order valence-electron chi connectivity index (χ4n) is 3.91. The fraction of sp³-hybridized carbons (Fsp3) is 0.632. The zero-order valence-electron chi connectivity index (χ0n) is 14.7. The monoisotopic (exact) mass is 332 g/mol. The molecule has 5 nitrogen and oxygen atoms in total. The van der Waals surface area contributed by atoms with Crippen LogP contribution >= 0.6 is 0 Å². The Hall–Kier alpha value is -1.59. The van der Waals surface area contributed by atoms with E-state index in [-0.39, 0.29) is 18.1 Å². The smallest absolute Gasteiger partial charge is 0.254 e. The second kappa shape index (κ2) is 7.53. The number of aryl methyl sites for hydroxylation is 1. The minimum absolute atomic E-state index is 0.0668. The van der Waals surface area contributed by atoms with Crippen molar-refractivity contribution >= 4 is 5.91 Å². The highest BCUT2D eigenvalue weighted by Gasteiger charge is 2.32. The number of hydrogen-bond acceptors (Lipinski definition) is 4. The number of nitrogens with zero attached hydrogens (tertiary/aromatic N) is 2. The molecule has 1 saturated carbocycles. The van der Waals surface area contributed by atoms with Gasteiger partial charge < -0.3 is 14.7 Å².